The second kappa shape index (κ2) is 7.74. The molecule has 2 aromatic carbocycles. The maximum absolute atomic E-state index is 12.6. The average Bonchev–Trinajstić information content (AvgIpc) is 3.37. The number of aromatic nitrogens is 3. The van der Waals surface area contributed by atoms with E-state index in [1.165, 1.54) is 11.1 Å². The predicted molar refractivity (Wildman–Crippen MR) is 105 cm³/mol. The van der Waals surface area contributed by atoms with E-state index in [9.17, 15) is 4.79 Å². The number of nitrogens with zero attached hydrogens (tertiary/aromatic N) is 4. The molecule has 5 heteroatoms. The third kappa shape index (κ3) is 3.92. The van der Waals surface area contributed by atoms with Crippen LogP contribution in [0, 0.1) is 6.92 Å². The highest BCUT2D eigenvalue weighted by molar-refractivity contribution is 5.76. The fourth-order valence-corrected chi connectivity index (χ4v) is 3.67. The van der Waals surface area contributed by atoms with Crippen molar-refractivity contribution in [2.45, 2.75) is 32.2 Å². The molecule has 0 spiro atoms. The van der Waals surface area contributed by atoms with Gasteiger partial charge < -0.3 is 4.90 Å². The van der Waals surface area contributed by atoms with E-state index in [-0.39, 0.29) is 11.9 Å². The van der Waals surface area contributed by atoms with Gasteiger partial charge in [-0.1, -0.05) is 59.8 Å². The smallest absolute Gasteiger partial charge is 0.222 e. The lowest BCUT2D eigenvalue weighted by Crippen LogP contribution is -2.29. The summed E-state index contributed by atoms with van der Waals surface area (Å²) in [6.45, 7) is 3.60. The minimum Gasteiger partial charge on any atom is -0.340 e. The zero-order valence-corrected chi connectivity index (χ0v) is 15.6. The van der Waals surface area contributed by atoms with Crippen LogP contribution in [0.4, 0.5) is 0 Å². The molecule has 0 bridgehead atoms. The molecule has 1 amide bonds. The fourth-order valence-electron chi connectivity index (χ4n) is 3.67. The number of hydrogen-bond acceptors (Lipinski definition) is 3. The van der Waals surface area contributed by atoms with Crippen LogP contribution in [0.2, 0.25) is 0 Å². The summed E-state index contributed by atoms with van der Waals surface area (Å²) < 4.78 is 1.91. The highest BCUT2D eigenvalue weighted by Crippen LogP contribution is 2.24. The number of amides is 1. The molecule has 138 valence electrons. The lowest BCUT2D eigenvalue weighted by atomic mass is 10.0. The van der Waals surface area contributed by atoms with E-state index >= 15 is 0 Å². The summed E-state index contributed by atoms with van der Waals surface area (Å²) in [5, 5.41) is 8.60. The molecule has 2 heterocycles. The molecule has 1 atom stereocenters. The molecular formula is C22H24N4O. The van der Waals surface area contributed by atoms with Crippen LogP contribution >= 0.6 is 0 Å². The second-order valence-corrected chi connectivity index (χ2v) is 7.16. The number of aryl methyl sites for hydroxylation is 2. The number of rotatable bonds is 5. The zero-order valence-electron chi connectivity index (χ0n) is 15.6. The van der Waals surface area contributed by atoms with Gasteiger partial charge in [-0.3, -0.25) is 4.79 Å². The van der Waals surface area contributed by atoms with Crippen molar-refractivity contribution in [2.75, 3.05) is 13.1 Å². The van der Waals surface area contributed by atoms with Crippen molar-refractivity contribution in [3.8, 4) is 11.3 Å². The van der Waals surface area contributed by atoms with Crippen LogP contribution in [0.3, 0.4) is 0 Å². The van der Waals surface area contributed by atoms with Crippen molar-refractivity contribution < 1.29 is 4.79 Å². The monoisotopic (exact) mass is 360 g/mol. The van der Waals surface area contributed by atoms with Crippen molar-refractivity contribution in [2.24, 2.45) is 0 Å². The third-order valence-electron chi connectivity index (χ3n) is 5.34. The summed E-state index contributed by atoms with van der Waals surface area (Å²) in [4.78, 5) is 14.6. The first-order valence-electron chi connectivity index (χ1n) is 9.50. The molecule has 4 rings (SSSR count). The molecule has 1 aliphatic heterocycles. The summed E-state index contributed by atoms with van der Waals surface area (Å²) in [5.41, 5.74) is 4.44. The Hall–Kier alpha value is -2.95. The van der Waals surface area contributed by atoms with Crippen molar-refractivity contribution in [3.63, 3.8) is 0 Å². The highest BCUT2D eigenvalue weighted by atomic mass is 16.2. The first kappa shape index (κ1) is 17.5. The molecule has 0 saturated carbocycles. The largest absolute Gasteiger partial charge is 0.340 e. The molecule has 1 aliphatic rings. The summed E-state index contributed by atoms with van der Waals surface area (Å²) in [7, 11) is 0. The molecule has 1 fully saturated rings. The first-order chi connectivity index (χ1) is 13.2. The SMILES string of the molecule is Cc1ccccc1CCC(=O)N1CCC(n2cc(-c3ccccc3)nn2)C1. The van der Waals surface area contributed by atoms with Gasteiger partial charge in [-0.05, 0) is 30.9 Å². The second-order valence-electron chi connectivity index (χ2n) is 7.16. The summed E-state index contributed by atoms with van der Waals surface area (Å²) in [5.74, 6) is 0.226. The minimum absolute atomic E-state index is 0.206. The molecule has 1 aromatic heterocycles. The Morgan fingerprint density at radius 3 is 2.70 bits per heavy atom. The van der Waals surface area contributed by atoms with E-state index in [4.69, 9.17) is 0 Å². The molecule has 27 heavy (non-hydrogen) atoms. The van der Waals surface area contributed by atoms with E-state index in [1.807, 2.05) is 58.2 Å². The topological polar surface area (TPSA) is 51.0 Å². The van der Waals surface area contributed by atoms with Gasteiger partial charge in [0.2, 0.25) is 5.91 Å². The van der Waals surface area contributed by atoms with E-state index < -0.39 is 0 Å². The first-order valence-corrected chi connectivity index (χ1v) is 9.50. The molecule has 0 N–H and O–H groups in total. The quantitative estimate of drug-likeness (QED) is 0.698. The predicted octanol–water partition coefficient (Wildman–Crippen LogP) is 3.66. The van der Waals surface area contributed by atoms with Gasteiger partial charge in [-0.15, -0.1) is 5.10 Å². The number of hydrogen-bond donors (Lipinski definition) is 0. The van der Waals surface area contributed by atoms with E-state index in [0.29, 0.717) is 13.0 Å². The van der Waals surface area contributed by atoms with Crippen molar-refractivity contribution in [3.05, 3.63) is 71.9 Å². The van der Waals surface area contributed by atoms with Gasteiger partial charge in [-0.2, -0.15) is 0 Å². The van der Waals surface area contributed by atoms with E-state index in [0.717, 1.165) is 30.6 Å². The number of benzene rings is 2. The van der Waals surface area contributed by atoms with Gasteiger partial charge in [-0.25, -0.2) is 4.68 Å². The summed E-state index contributed by atoms with van der Waals surface area (Å²) in [6.07, 6.45) is 4.27. The number of likely N-dealkylation sites (tertiary alicyclic amines) is 1. The van der Waals surface area contributed by atoms with Crippen LogP contribution in [0.1, 0.15) is 30.0 Å². The molecule has 3 aromatic rings. The highest BCUT2D eigenvalue weighted by Gasteiger charge is 2.28. The van der Waals surface area contributed by atoms with Crippen LogP contribution in [-0.4, -0.2) is 38.9 Å². The lowest BCUT2D eigenvalue weighted by molar-refractivity contribution is -0.130. The standard InChI is InChI=1S/C22H24N4O/c1-17-7-5-6-8-18(17)11-12-22(27)25-14-13-20(15-25)26-16-21(23-24-26)19-9-3-2-4-10-19/h2-10,16,20H,11-15H2,1H3. The summed E-state index contributed by atoms with van der Waals surface area (Å²) in [6, 6.07) is 18.5. The Morgan fingerprint density at radius 2 is 1.89 bits per heavy atom. The van der Waals surface area contributed by atoms with Gasteiger partial charge in [0, 0.05) is 25.1 Å². The Labute approximate surface area is 159 Å². The molecule has 1 unspecified atom stereocenters. The summed E-state index contributed by atoms with van der Waals surface area (Å²) >= 11 is 0. The Balaban J connectivity index is 1.35. The fraction of sp³-hybridized carbons (Fsp3) is 0.318. The molecule has 5 nitrogen and oxygen atoms in total. The Bertz CT molecular complexity index is 919. The molecular weight excluding hydrogens is 336 g/mol. The van der Waals surface area contributed by atoms with Crippen molar-refractivity contribution in [1.82, 2.24) is 19.9 Å². The number of carbonyl (C=O) groups is 1. The van der Waals surface area contributed by atoms with Crippen LogP contribution in [0.15, 0.2) is 60.8 Å². The third-order valence-corrected chi connectivity index (χ3v) is 5.34. The maximum atomic E-state index is 12.6. The van der Waals surface area contributed by atoms with E-state index in [1.54, 1.807) is 0 Å². The van der Waals surface area contributed by atoms with Gasteiger partial charge in [0.1, 0.15) is 5.69 Å². The van der Waals surface area contributed by atoms with Gasteiger partial charge >= 0.3 is 0 Å². The molecule has 0 aliphatic carbocycles. The van der Waals surface area contributed by atoms with Crippen LogP contribution < -0.4 is 0 Å². The van der Waals surface area contributed by atoms with Crippen LogP contribution in [0.5, 0.6) is 0 Å². The average molecular weight is 360 g/mol. The van der Waals surface area contributed by atoms with Crippen molar-refractivity contribution >= 4 is 5.91 Å². The minimum atomic E-state index is 0.206. The van der Waals surface area contributed by atoms with Crippen LogP contribution in [-0.2, 0) is 11.2 Å². The molecule has 0 radical (unpaired) electrons. The normalized spacial score (nSPS) is 16.6. The van der Waals surface area contributed by atoms with Crippen LogP contribution in [0.25, 0.3) is 11.3 Å². The lowest BCUT2D eigenvalue weighted by Gasteiger charge is -2.17. The maximum Gasteiger partial charge on any atom is 0.222 e. The Kier molecular flexibility index (Phi) is 5.01. The van der Waals surface area contributed by atoms with E-state index in [2.05, 4.69) is 29.4 Å². The van der Waals surface area contributed by atoms with Gasteiger partial charge in [0.05, 0.1) is 12.2 Å². The zero-order chi connectivity index (χ0) is 18.6. The van der Waals surface area contributed by atoms with Crippen molar-refractivity contribution in [1.29, 1.82) is 0 Å². The Morgan fingerprint density at radius 1 is 1.11 bits per heavy atom. The number of carbonyl (C=O) groups excluding carboxylic acids is 1. The van der Waals surface area contributed by atoms with Gasteiger partial charge in [0.15, 0.2) is 0 Å². The van der Waals surface area contributed by atoms with Gasteiger partial charge in [0.25, 0.3) is 0 Å². The molecule has 1 saturated heterocycles.